The van der Waals surface area contributed by atoms with E-state index in [1.54, 1.807) is 19.0 Å². The Bertz CT molecular complexity index is 1030. The van der Waals surface area contributed by atoms with Gasteiger partial charge in [-0.2, -0.15) is 0 Å². The number of aliphatic imine (C=N–C) groups is 1. The predicted molar refractivity (Wildman–Crippen MR) is 138 cm³/mol. The largest absolute Gasteiger partial charge is 0.357 e. The Hall–Kier alpha value is -2.68. The molecule has 3 rings (SSSR count). The molecule has 0 atom stereocenters. The quantitative estimate of drug-likeness (QED) is 0.276. The van der Waals surface area contributed by atoms with Crippen LogP contribution in [0.5, 0.6) is 0 Å². The van der Waals surface area contributed by atoms with Gasteiger partial charge in [-0.25, -0.2) is 4.99 Å². The number of fused-ring (bicyclic) bond motifs is 1. The van der Waals surface area contributed by atoms with Crippen LogP contribution in [0.25, 0.3) is 10.9 Å². The number of para-hydroxylation sites is 1. The first-order valence-electron chi connectivity index (χ1n) is 10.2. The first-order valence-corrected chi connectivity index (χ1v) is 10.2. The van der Waals surface area contributed by atoms with Crippen molar-refractivity contribution in [2.45, 2.75) is 19.9 Å². The number of rotatable bonds is 7. The van der Waals surface area contributed by atoms with Crippen molar-refractivity contribution in [2.24, 2.45) is 4.99 Å². The summed E-state index contributed by atoms with van der Waals surface area (Å²) in [6.45, 7) is 4.11. The number of hydrogen-bond donors (Lipinski definition) is 2. The van der Waals surface area contributed by atoms with Crippen LogP contribution in [0.4, 0.5) is 0 Å². The van der Waals surface area contributed by atoms with Crippen LogP contribution in [-0.4, -0.2) is 48.9 Å². The summed E-state index contributed by atoms with van der Waals surface area (Å²) >= 11 is 0. The summed E-state index contributed by atoms with van der Waals surface area (Å²) in [6.07, 6.45) is 2.61. The minimum atomic E-state index is 0. The number of nitrogens with one attached hydrogen (secondary N) is 2. The fourth-order valence-corrected chi connectivity index (χ4v) is 3.24. The molecule has 0 radical (unpaired) electrons. The molecule has 1 heterocycles. The number of amides is 1. The zero-order valence-corrected chi connectivity index (χ0v) is 20.6. The molecule has 0 saturated heterocycles. The average molecular weight is 531 g/mol. The molecule has 0 saturated carbocycles. The van der Waals surface area contributed by atoms with Crippen molar-refractivity contribution in [3.63, 3.8) is 0 Å². The minimum absolute atomic E-state index is 0. The van der Waals surface area contributed by atoms with Gasteiger partial charge in [0.25, 0.3) is 5.91 Å². The van der Waals surface area contributed by atoms with Gasteiger partial charge in [0.1, 0.15) is 0 Å². The summed E-state index contributed by atoms with van der Waals surface area (Å²) in [5.74, 6) is 0.786. The number of benzene rings is 2. The molecule has 0 spiro atoms. The van der Waals surface area contributed by atoms with Crippen LogP contribution in [0, 0.1) is 0 Å². The Labute approximate surface area is 201 Å². The molecule has 0 unspecified atom stereocenters. The summed E-state index contributed by atoms with van der Waals surface area (Å²) < 4.78 is 0. The van der Waals surface area contributed by atoms with Gasteiger partial charge in [0.15, 0.2) is 5.96 Å². The molecular formula is C24H30IN5O. The third-order valence-electron chi connectivity index (χ3n) is 4.75. The van der Waals surface area contributed by atoms with Gasteiger partial charge >= 0.3 is 0 Å². The third-order valence-corrected chi connectivity index (χ3v) is 4.75. The summed E-state index contributed by atoms with van der Waals surface area (Å²) in [7, 11) is 3.53. The molecule has 2 N–H and O–H groups in total. The maximum Gasteiger partial charge on any atom is 0.253 e. The second-order valence-corrected chi connectivity index (χ2v) is 7.26. The van der Waals surface area contributed by atoms with E-state index in [4.69, 9.17) is 4.99 Å². The molecule has 0 aliphatic heterocycles. The van der Waals surface area contributed by atoms with Gasteiger partial charge in [-0.05, 0) is 42.7 Å². The maximum atomic E-state index is 12.2. The van der Waals surface area contributed by atoms with Crippen molar-refractivity contribution in [3.8, 4) is 0 Å². The molecular weight excluding hydrogens is 501 g/mol. The molecule has 3 aromatic rings. The molecule has 1 amide bonds. The number of carbonyl (C=O) groups excluding carboxylic acids is 1. The van der Waals surface area contributed by atoms with Gasteiger partial charge in [0.2, 0.25) is 0 Å². The lowest BCUT2D eigenvalue weighted by Gasteiger charge is -2.13. The highest BCUT2D eigenvalue weighted by Gasteiger charge is 2.08. The third kappa shape index (κ3) is 6.92. The van der Waals surface area contributed by atoms with Crippen LogP contribution in [-0.2, 0) is 13.0 Å². The van der Waals surface area contributed by atoms with E-state index >= 15 is 0 Å². The van der Waals surface area contributed by atoms with E-state index in [2.05, 4.69) is 33.8 Å². The maximum absolute atomic E-state index is 12.2. The van der Waals surface area contributed by atoms with E-state index in [1.807, 2.05) is 49.5 Å². The van der Waals surface area contributed by atoms with Gasteiger partial charge in [-0.15, -0.1) is 24.0 Å². The minimum Gasteiger partial charge on any atom is -0.357 e. The van der Waals surface area contributed by atoms with E-state index < -0.39 is 0 Å². The summed E-state index contributed by atoms with van der Waals surface area (Å²) in [5, 5.41) is 7.79. The zero-order valence-electron chi connectivity index (χ0n) is 18.3. The molecule has 31 heavy (non-hydrogen) atoms. The fourth-order valence-electron chi connectivity index (χ4n) is 3.24. The molecule has 0 aliphatic rings. The van der Waals surface area contributed by atoms with Crippen molar-refractivity contribution in [3.05, 3.63) is 77.5 Å². The topological polar surface area (TPSA) is 69.6 Å². The number of guanidine groups is 1. The van der Waals surface area contributed by atoms with E-state index in [0.717, 1.165) is 47.5 Å². The summed E-state index contributed by atoms with van der Waals surface area (Å²) in [5.41, 5.74) is 3.91. The van der Waals surface area contributed by atoms with Crippen molar-refractivity contribution >= 4 is 46.7 Å². The lowest BCUT2D eigenvalue weighted by Crippen LogP contribution is -2.38. The van der Waals surface area contributed by atoms with Crippen molar-refractivity contribution in [1.29, 1.82) is 0 Å². The van der Waals surface area contributed by atoms with Crippen molar-refractivity contribution in [1.82, 2.24) is 20.5 Å². The Morgan fingerprint density at radius 2 is 1.84 bits per heavy atom. The number of pyridine rings is 1. The molecule has 1 aromatic heterocycles. The summed E-state index contributed by atoms with van der Waals surface area (Å²) in [6, 6.07) is 18.0. The Kier molecular flexibility index (Phi) is 9.71. The zero-order chi connectivity index (χ0) is 21.3. The average Bonchev–Trinajstić information content (AvgIpc) is 2.77. The highest BCUT2D eigenvalue weighted by Crippen LogP contribution is 2.16. The van der Waals surface area contributed by atoms with Gasteiger partial charge < -0.3 is 15.5 Å². The standard InChI is InChI=1S/C24H29N5O.HI/c1-4-25-24(28-17-21-11-6-9-19-12-7-14-26-22(19)21)27-15-13-18-8-5-10-20(16-18)23(30)29(2)3;/h5-12,14,16H,4,13,15,17H2,1-3H3,(H2,25,27,28);1H. The highest BCUT2D eigenvalue weighted by atomic mass is 127. The molecule has 164 valence electrons. The predicted octanol–water partition coefficient (Wildman–Crippen LogP) is 3.85. The van der Waals surface area contributed by atoms with E-state index in [-0.39, 0.29) is 29.9 Å². The number of carbonyl (C=O) groups is 1. The Morgan fingerprint density at radius 1 is 1.06 bits per heavy atom. The Balaban J connectivity index is 0.00000341. The molecule has 0 aliphatic carbocycles. The molecule has 7 heteroatoms. The van der Waals surface area contributed by atoms with Gasteiger partial charge in [0, 0.05) is 44.3 Å². The van der Waals surface area contributed by atoms with Crippen molar-refractivity contribution in [2.75, 3.05) is 27.2 Å². The summed E-state index contributed by atoms with van der Waals surface area (Å²) in [4.78, 5) is 23.0. The molecule has 0 fully saturated rings. The second kappa shape index (κ2) is 12.2. The smallest absolute Gasteiger partial charge is 0.253 e. The number of aromatic nitrogens is 1. The van der Waals surface area contributed by atoms with Crippen LogP contribution in [0.15, 0.2) is 65.8 Å². The van der Waals surface area contributed by atoms with Crippen molar-refractivity contribution < 1.29 is 4.79 Å². The van der Waals surface area contributed by atoms with Gasteiger partial charge in [-0.3, -0.25) is 9.78 Å². The first kappa shape index (κ1) is 24.6. The van der Waals surface area contributed by atoms with E-state index in [1.165, 1.54) is 0 Å². The Morgan fingerprint density at radius 3 is 2.61 bits per heavy atom. The monoisotopic (exact) mass is 531 g/mol. The lowest BCUT2D eigenvalue weighted by molar-refractivity contribution is 0.0827. The normalized spacial score (nSPS) is 11.0. The fraction of sp³-hybridized carbons (Fsp3) is 0.292. The second-order valence-electron chi connectivity index (χ2n) is 7.26. The van der Waals surface area contributed by atoms with Crippen LogP contribution in [0.3, 0.4) is 0 Å². The van der Waals surface area contributed by atoms with Gasteiger partial charge in [-0.1, -0.05) is 36.4 Å². The van der Waals surface area contributed by atoms with Crippen LogP contribution < -0.4 is 10.6 Å². The first-order chi connectivity index (χ1) is 14.6. The number of hydrogen-bond acceptors (Lipinski definition) is 3. The highest BCUT2D eigenvalue weighted by molar-refractivity contribution is 14.0. The van der Waals surface area contributed by atoms with Crippen LogP contribution >= 0.6 is 24.0 Å². The van der Waals surface area contributed by atoms with E-state index in [0.29, 0.717) is 12.1 Å². The van der Waals surface area contributed by atoms with Crippen LogP contribution in [0.1, 0.15) is 28.4 Å². The molecule has 2 aromatic carbocycles. The number of halogens is 1. The SMILES string of the molecule is CCNC(=NCc1cccc2cccnc12)NCCc1cccc(C(=O)N(C)C)c1.I. The van der Waals surface area contributed by atoms with Crippen LogP contribution in [0.2, 0.25) is 0 Å². The number of nitrogens with zero attached hydrogens (tertiary/aromatic N) is 3. The van der Waals surface area contributed by atoms with E-state index in [9.17, 15) is 4.79 Å². The molecule has 0 bridgehead atoms. The molecule has 6 nitrogen and oxygen atoms in total. The lowest BCUT2D eigenvalue weighted by atomic mass is 10.1. The van der Waals surface area contributed by atoms with Gasteiger partial charge in [0.05, 0.1) is 12.1 Å².